The van der Waals surface area contributed by atoms with Crippen LogP contribution in [0.15, 0.2) is 72.8 Å². The maximum Gasteiger partial charge on any atom is 0.174 e. The van der Waals surface area contributed by atoms with E-state index in [9.17, 15) is 9.59 Å². The predicted molar refractivity (Wildman–Crippen MR) is 106 cm³/mol. The first kappa shape index (κ1) is 19.2. The van der Waals surface area contributed by atoms with Gasteiger partial charge in [-0.05, 0) is 42.5 Å². The second kappa shape index (κ2) is 8.86. The smallest absolute Gasteiger partial charge is 0.174 e. The first-order valence-corrected chi connectivity index (χ1v) is 8.72. The molecule has 0 N–H and O–H groups in total. The van der Waals surface area contributed by atoms with Gasteiger partial charge < -0.3 is 14.2 Å². The van der Waals surface area contributed by atoms with Crippen LogP contribution in [0.1, 0.15) is 27.1 Å². The molecule has 0 unspecified atom stereocenters. The van der Waals surface area contributed by atoms with Crippen LogP contribution in [0, 0.1) is 0 Å². The van der Waals surface area contributed by atoms with E-state index >= 15 is 0 Å². The van der Waals surface area contributed by atoms with E-state index in [0.29, 0.717) is 34.1 Å². The van der Waals surface area contributed by atoms with Gasteiger partial charge in [-0.15, -0.1) is 0 Å². The summed E-state index contributed by atoms with van der Waals surface area (Å²) in [4.78, 5) is 25.4. The Hall–Kier alpha value is -3.60. The van der Waals surface area contributed by atoms with Gasteiger partial charge in [0.25, 0.3) is 0 Å². The van der Waals surface area contributed by atoms with Crippen LogP contribution in [-0.2, 0) is 0 Å². The van der Waals surface area contributed by atoms with E-state index in [0.717, 1.165) is 0 Å². The van der Waals surface area contributed by atoms with Gasteiger partial charge in [-0.3, -0.25) is 9.59 Å². The van der Waals surface area contributed by atoms with E-state index in [4.69, 9.17) is 14.2 Å². The largest absolute Gasteiger partial charge is 0.493 e. The third-order valence-corrected chi connectivity index (χ3v) is 4.19. The van der Waals surface area contributed by atoms with Gasteiger partial charge in [0.1, 0.15) is 11.5 Å². The molecule has 142 valence electrons. The zero-order valence-corrected chi connectivity index (χ0v) is 15.7. The molecule has 3 aromatic carbocycles. The van der Waals surface area contributed by atoms with E-state index in [1.54, 1.807) is 54.6 Å². The number of carbonyl (C=O) groups excluding carboxylic acids is 2. The van der Waals surface area contributed by atoms with Crippen molar-refractivity contribution in [3.63, 3.8) is 0 Å². The number of carbonyl (C=O) groups is 2. The van der Waals surface area contributed by atoms with Gasteiger partial charge >= 0.3 is 0 Å². The summed E-state index contributed by atoms with van der Waals surface area (Å²) in [7, 11) is 3.01. The third kappa shape index (κ3) is 4.38. The fraction of sp³-hybridized carbons (Fsp3) is 0.130. The molecule has 0 spiro atoms. The number of benzene rings is 3. The van der Waals surface area contributed by atoms with Crippen molar-refractivity contribution < 1.29 is 23.8 Å². The second-order valence-electron chi connectivity index (χ2n) is 6.00. The van der Waals surface area contributed by atoms with Gasteiger partial charge in [0.2, 0.25) is 0 Å². The zero-order chi connectivity index (χ0) is 19.9. The van der Waals surface area contributed by atoms with Crippen molar-refractivity contribution in [1.29, 1.82) is 0 Å². The molecule has 0 aliphatic carbocycles. The van der Waals surface area contributed by atoms with Crippen molar-refractivity contribution in [2.45, 2.75) is 6.42 Å². The molecule has 0 amide bonds. The second-order valence-corrected chi connectivity index (χ2v) is 6.00. The molecule has 0 radical (unpaired) electrons. The summed E-state index contributed by atoms with van der Waals surface area (Å²) in [6.07, 6.45) is -0.273. The number of ether oxygens (including phenoxy) is 3. The van der Waals surface area contributed by atoms with Crippen LogP contribution in [0.5, 0.6) is 23.0 Å². The van der Waals surface area contributed by atoms with Crippen LogP contribution in [0.2, 0.25) is 0 Å². The zero-order valence-electron chi connectivity index (χ0n) is 15.7. The van der Waals surface area contributed by atoms with Crippen LogP contribution < -0.4 is 14.2 Å². The topological polar surface area (TPSA) is 61.8 Å². The quantitative estimate of drug-likeness (QED) is 0.411. The van der Waals surface area contributed by atoms with Crippen LogP contribution in [0.25, 0.3) is 0 Å². The monoisotopic (exact) mass is 376 g/mol. The van der Waals surface area contributed by atoms with E-state index in [1.807, 2.05) is 18.2 Å². The molecule has 0 aliphatic heterocycles. The standard InChI is InChI=1S/C23H20O5/c1-26-22-13-12-16(14-23(22)27-2)19(24)15-20(25)18-10-6-7-11-21(18)28-17-8-4-3-5-9-17/h3-14H,15H2,1-2H3. The fourth-order valence-electron chi connectivity index (χ4n) is 2.75. The Kier molecular flexibility index (Phi) is 6.07. The summed E-state index contributed by atoms with van der Waals surface area (Å²) in [5, 5.41) is 0. The Bertz CT molecular complexity index is 979. The highest BCUT2D eigenvalue weighted by Gasteiger charge is 2.19. The molecule has 0 saturated carbocycles. The minimum absolute atomic E-state index is 0.273. The molecule has 3 rings (SSSR count). The van der Waals surface area contributed by atoms with Crippen molar-refractivity contribution in [2.75, 3.05) is 14.2 Å². The summed E-state index contributed by atoms with van der Waals surface area (Å²) in [6.45, 7) is 0. The van der Waals surface area contributed by atoms with E-state index in [2.05, 4.69) is 0 Å². The predicted octanol–water partition coefficient (Wildman–Crippen LogP) is 4.95. The van der Waals surface area contributed by atoms with E-state index < -0.39 is 0 Å². The Morgan fingerprint density at radius 2 is 1.39 bits per heavy atom. The average Bonchev–Trinajstić information content (AvgIpc) is 2.74. The molecule has 5 heteroatoms. The van der Waals surface area contributed by atoms with Crippen LogP contribution in [-0.4, -0.2) is 25.8 Å². The van der Waals surface area contributed by atoms with Crippen molar-refractivity contribution in [3.05, 3.63) is 83.9 Å². The summed E-state index contributed by atoms with van der Waals surface area (Å²) >= 11 is 0. The number of ketones is 2. The first-order valence-electron chi connectivity index (χ1n) is 8.72. The van der Waals surface area contributed by atoms with Crippen molar-refractivity contribution in [2.24, 2.45) is 0 Å². The number of hydrogen-bond acceptors (Lipinski definition) is 5. The minimum Gasteiger partial charge on any atom is -0.493 e. The number of para-hydroxylation sites is 2. The highest BCUT2D eigenvalue weighted by Crippen LogP contribution is 2.29. The molecular formula is C23H20O5. The third-order valence-electron chi connectivity index (χ3n) is 4.19. The maximum absolute atomic E-state index is 12.8. The molecule has 0 atom stereocenters. The van der Waals surface area contributed by atoms with Gasteiger partial charge in [-0.25, -0.2) is 0 Å². The van der Waals surface area contributed by atoms with Gasteiger partial charge in [0.15, 0.2) is 23.1 Å². The summed E-state index contributed by atoms with van der Waals surface area (Å²) in [5.74, 6) is 1.38. The Morgan fingerprint density at radius 3 is 2.11 bits per heavy atom. The van der Waals surface area contributed by atoms with Crippen molar-refractivity contribution in [3.8, 4) is 23.0 Å². The lowest BCUT2D eigenvalue weighted by atomic mass is 10.0. The molecule has 0 bridgehead atoms. The number of hydrogen-bond donors (Lipinski definition) is 0. The first-order chi connectivity index (χ1) is 13.6. The lowest BCUT2D eigenvalue weighted by molar-refractivity contribution is 0.0893. The van der Waals surface area contributed by atoms with Gasteiger partial charge in [0.05, 0.1) is 26.2 Å². The minimum atomic E-state index is -0.314. The molecule has 28 heavy (non-hydrogen) atoms. The van der Waals surface area contributed by atoms with Crippen molar-refractivity contribution >= 4 is 11.6 Å². The Labute approximate surface area is 163 Å². The van der Waals surface area contributed by atoms with Gasteiger partial charge in [-0.1, -0.05) is 30.3 Å². The lowest BCUT2D eigenvalue weighted by Gasteiger charge is -2.11. The molecule has 5 nitrogen and oxygen atoms in total. The van der Waals surface area contributed by atoms with Gasteiger partial charge in [-0.2, -0.15) is 0 Å². The summed E-state index contributed by atoms with van der Waals surface area (Å²) in [6, 6.07) is 20.9. The number of rotatable bonds is 8. The molecule has 0 aromatic heterocycles. The lowest BCUT2D eigenvalue weighted by Crippen LogP contribution is -2.10. The van der Waals surface area contributed by atoms with Crippen molar-refractivity contribution in [1.82, 2.24) is 0 Å². The summed E-state index contributed by atoms with van der Waals surface area (Å²) in [5.41, 5.74) is 0.743. The molecular weight excluding hydrogens is 356 g/mol. The Balaban J connectivity index is 1.79. The number of Topliss-reactive ketones (excluding diaryl/α,β-unsaturated/α-hetero) is 2. The normalized spacial score (nSPS) is 10.2. The molecule has 0 aliphatic rings. The molecule has 0 heterocycles. The summed E-state index contributed by atoms with van der Waals surface area (Å²) < 4.78 is 16.2. The highest BCUT2D eigenvalue weighted by atomic mass is 16.5. The van der Waals surface area contributed by atoms with Gasteiger partial charge in [0, 0.05) is 5.56 Å². The van der Waals surface area contributed by atoms with Crippen LogP contribution in [0.4, 0.5) is 0 Å². The van der Waals surface area contributed by atoms with E-state index in [1.165, 1.54) is 14.2 Å². The van der Waals surface area contributed by atoms with E-state index in [-0.39, 0.29) is 18.0 Å². The molecule has 0 saturated heterocycles. The SMILES string of the molecule is COc1ccc(C(=O)CC(=O)c2ccccc2Oc2ccccc2)cc1OC. The molecule has 3 aromatic rings. The van der Waals surface area contributed by atoms with Crippen LogP contribution >= 0.6 is 0 Å². The van der Waals surface area contributed by atoms with Crippen LogP contribution in [0.3, 0.4) is 0 Å². The number of methoxy groups -OCH3 is 2. The average molecular weight is 376 g/mol. The Morgan fingerprint density at radius 1 is 0.714 bits per heavy atom. The fourth-order valence-corrected chi connectivity index (χ4v) is 2.75. The maximum atomic E-state index is 12.8. The molecule has 0 fully saturated rings. The highest BCUT2D eigenvalue weighted by molar-refractivity contribution is 6.14.